The Morgan fingerprint density at radius 1 is 1.05 bits per heavy atom. The second-order valence-electron chi connectivity index (χ2n) is 11.2. The molecule has 0 bridgehead atoms. The van der Waals surface area contributed by atoms with Gasteiger partial charge in [-0.1, -0.05) is 12.1 Å². The zero-order chi connectivity index (χ0) is 29.6. The highest BCUT2D eigenvalue weighted by atomic mass is 19.4. The molecule has 1 saturated heterocycles. The maximum atomic E-state index is 15.2. The van der Waals surface area contributed by atoms with Crippen LogP contribution in [0.5, 0.6) is 0 Å². The number of urea groups is 1. The van der Waals surface area contributed by atoms with Crippen LogP contribution in [0, 0.1) is 11.7 Å². The molecule has 12 heteroatoms. The van der Waals surface area contributed by atoms with Gasteiger partial charge in [0.05, 0.1) is 16.6 Å². The van der Waals surface area contributed by atoms with E-state index in [2.05, 4.69) is 25.5 Å². The molecule has 2 aliphatic rings. The van der Waals surface area contributed by atoms with Crippen LogP contribution in [-0.4, -0.2) is 45.6 Å². The predicted molar refractivity (Wildman–Crippen MR) is 154 cm³/mol. The number of fused-ring (bicyclic) bond motifs is 1. The van der Waals surface area contributed by atoms with Crippen molar-refractivity contribution in [3.8, 4) is 11.1 Å². The molecule has 1 saturated carbocycles. The Morgan fingerprint density at radius 2 is 1.81 bits per heavy atom. The van der Waals surface area contributed by atoms with Gasteiger partial charge in [0.15, 0.2) is 0 Å². The van der Waals surface area contributed by atoms with Crippen molar-refractivity contribution in [3.05, 3.63) is 65.9 Å². The number of carbonyl (C=O) groups is 1. The van der Waals surface area contributed by atoms with Crippen molar-refractivity contribution in [2.45, 2.75) is 44.3 Å². The summed E-state index contributed by atoms with van der Waals surface area (Å²) in [4.78, 5) is 23.3. The van der Waals surface area contributed by atoms with Gasteiger partial charge in [-0.2, -0.15) is 13.2 Å². The number of halogens is 4. The Balaban J connectivity index is 1.18. The molecule has 0 radical (unpaired) electrons. The lowest BCUT2D eigenvalue weighted by Gasteiger charge is -2.29. The number of anilines is 3. The minimum atomic E-state index is -4.58. The number of amides is 2. The fourth-order valence-corrected chi connectivity index (χ4v) is 5.70. The topological polar surface area (TPSA) is 101 Å². The van der Waals surface area contributed by atoms with Gasteiger partial charge in [0.2, 0.25) is 0 Å². The van der Waals surface area contributed by atoms with Crippen molar-refractivity contribution in [1.82, 2.24) is 19.4 Å². The number of benzene rings is 2. The molecule has 4 N–H and O–H groups in total. The third-order valence-electron chi connectivity index (χ3n) is 8.13. The molecule has 42 heavy (non-hydrogen) atoms. The summed E-state index contributed by atoms with van der Waals surface area (Å²) >= 11 is 0. The van der Waals surface area contributed by atoms with E-state index in [-0.39, 0.29) is 28.7 Å². The van der Waals surface area contributed by atoms with Gasteiger partial charge in [0.1, 0.15) is 23.6 Å². The third-order valence-corrected chi connectivity index (χ3v) is 8.13. The number of carbonyl (C=O) groups excluding carboxylic acids is 1. The number of hydrogen-bond donors (Lipinski definition) is 3. The second-order valence-corrected chi connectivity index (χ2v) is 11.2. The van der Waals surface area contributed by atoms with Gasteiger partial charge in [0.25, 0.3) is 0 Å². The Kier molecular flexibility index (Phi) is 7.25. The molecule has 1 aliphatic heterocycles. The molecule has 3 heterocycles. The van der Waals surface area contributed by atoms with Crippen LogP contribution in [0.25, 0.3) is 22.2 Å². The van der Waals surface area contributed by atoms with Gasteiger partial charge in [-0.3, -0.25) is 0 Å². The van der Waals surface area contributed by atoms with Crippen LogP contribution in [0.1, 0.15) is 42.9 Å². The van der Waals surface area contributed by atoms with Crippen LogP contribution in [0.2, 0.25) is 0 Å². The lowest BCUT2D eigenvalue weighted by Crippen LogP contribution is -2.31. The van der Waals surface area contributed by atoms with Crippen molar-refractivity contribution >= 4 is 34.3 Å². The highest BCUT2D eigenvalue weighted by Gasteiger charge is 2.34. The van der Waals surface area contributed by atoms with Crippen molar-refractivity contribution in [1.29, 1.82) is 0 Å². The molecule has 2 aromatic carbocycles. The third kappa shape index (κ3) is 5.76. The summed E-state index contributed by atoms with van der Waals surface area (Å²) in [5, 5.41) is 5.43. The van der Waals surface area contributed by atoms with E-state index in [1.807, 2.05) is 17.8 Å². The van der Waals surface area contributed by atoms with E-state index in [4.69, 9.17) is 5.73 Å². The van der Waals surface area contributed by atoms with Crippen LogP contribution in [0.3, 0.4) is 0 Å². The number of nitrogens with two attached hydrogens (primary N) is 1. The van der Waals surface area contributed by atoms with Crippen LogP contribution < -0.4 is 16.4 Å². The molecule has 1 aliphatic carbocycles. The van der Waals surface area contributed by atoms with Gasteiger partial charge in [-0.25, -0.2) is 19.2 Å². The van der Waals surface area contributed by atoms with E-state index in [0.717, 1.165) is 44.8 Å². The van der Waals surface area contributed by atoms with E-state index in [1.165, 1.54) is 30.6 Å². The number of piperidine rings is 1. The molecule has 8 nitrogen and oxygen atoms in total. The fraction of sp³-hybridized carbons (Fsp3) is 0.367. The first-order chi connectivity index (χ1) is 20.1. The van der Waals surface area contributed by atoms with Crippen molar-refractivity contribution in [2.75, 3.05) is 36.5 Å². The summed E-state index contributed by atoms with van der Waals surface area (Å²) in [6.45, 7) is 1.71. The highest BCUT2D eigenvalue weighted by Crippen LogP contribution is 2.42. The van der Waals surface area contributed by atoms with Crippen LogP contribution in [0.4, 0.5) is 39.5 Å². The summed E-state index contributed by atoms with van der Waals surface area (Å²) in [5.41, 5.74) is 7.29. The minimum Gasteiger partial charge on any atom is -0.383 e. The lowest BCUT2D eigenvalue weighted by atomic mass is 9.88. The monoisotopic (exact) mass is 581 g/mol. The van der Waals surface area contributed by atoms with Crippen LogP contribution in [0.15, 0.2) is 48.9 Å². The first-order valence-corrected chi connectivity index (χ1v) is 13.9. The Labute approximate surface area is 239 Å². The maximum absolute atomic E-state index is 15.2. The van der Waals surface area contributed by atoms with Crippen LogP contribution >= 0.6 is 0 Å². The molecule has 0 unspecified atom stereocenters. The smallest absolute Gasteiger partial charge is 0.383 e. The molecule has 4 aromatic rings. The summed E-state index contributed by atoms with van der Waals surface area (Å²) in [5.74, 6) is -0.258. The van der Waals surface area contributed by atoms with Gasteiger partial charge in [-0.05, 0) is 93.6 Å². The number of likely N-dealkylation sites (tertiary alicyclic amines) is 1. The fourth-order valence-electron chi connectivity index (χ4n) is 5.70. The Hall–Kier alpha value is -4.19. The normalized spacial score (nSPS) is 16.6. The van der Waals surface area contributed by atoms with E-state index in [0.29, 0.717) is 34.6 Å². The molecular weight excluding hydrogens is 550 g/mol. The molecule has 220 valence electrons. The SMILES string of the molecule is CN1CCC(Cc2ccc(NC(=O)Nc3ccc(-c4cn(C5CC5)c5ncnc(N)c45)cc3F)cc2C(F)(F)F)CC1. The van der Waals surface area contributed by atoms with Gasteiger partial charge in [-0.15, -0.1) is 0 Å². The van der Waals surface area contributed by atoms with E-state index >= 15 is 4.39 Å². The lowest BCUT2D eigenvalue weighted by molar-refractivity contribution is -0.138. The quantitative estimate of drug-likeness (QED) is 0.220. The number of aromatic nitrogens is 3. The first-order valence-electron chi connectivity index (χ1n) is 13.9. The zero-order valence-electron chi connectivity index (χ0n) is 23.0. The maximum Gasteiger partial charge on any atom is 0.416 e. The second kappa shape index (κ2) is 10.9. The molecule has 2 fully saturated rings. The summed E-state index contributed by atoms with van der Waals surface area (Å²) in [7, 11) is 2.00. The first kappa shape index (κ1) is 28.0. The van der Waals surface area contributed by atoms with Crippen LogP contribution in [-0.2, 0) is 12.6 Å². The number of rotatable bonds is 6. The molecular formula is C30H31F4N7O. The van der Waals surface area contributed by atoms with E-state index in [9.17, 15) is 18.0 Å². The summed E-state index contributed by atoms with van der Waals surface area (Å²) < 4.78 is 59.0. The Morgan fingerprint density at radius 3 is 2.50 bits per heavy atom. The molecule has 0 spiro atoms. The Bertz CT molecular complexity index is 1640. The number of nitrogens with zero attached hydrogens (tertiary/aromatic N) is 4. The minimum absolute atomic E-state index is 0.0349. The highest BCUT2D eigenvalue weighted by molar-refractivity contribution is 6.02. The largest absolute Gasteiger partial charge is 0.416 e. The van der Waals surface area contributed by atoms with Gasteiger partial charge < -0.3 is 25.8 Å². The average Bonchev–Trinajstić information content (AvgIpc) is 3.71. The number of hydrogen-bond acceptors (Lipinski definition) is 5. The molecule has 2 aromatic heterocycles. The predicted octanol–water partition coefficient (Wildman–Crippen LogP) is 6.70. The standard InChI is InChI=1S/C30H31F4N7O/c1-40-10-8-17(9-11-40)12-19-2-4-20(14-23(19)30(32,33)34)38-29(42)39-25-7-3-18(13-24(25)31)22-15-41(21-5-6-21)28-26(22)27(35)36-16-37-28/h2-4,7,13-17,21H,5-6,8-12H2,1H3,(H2,35,36,37)(H2,38,39,42). The summed E-state index contributed by atoms with van der Waals surface area (Å²) in [6, 6.07) is 7.55. The number of alkyl halides is 3. The number of nitrogens with one attached hydrogen (secondary N) is 2. The summed E-state index contributed by atoms with van der Waals surface area (Å²) in [6.07, 6.45) is 2.74. The van der Waals surface area contributed by atoms with Gasteiger partial charge in [0, 0.05) is 23.5 Å². The van der Waals surface area contributed by atoms with Crippen molar-refractivity contribution < 1.29 is 22.4 Å². The molecule has 0 atom stereocenters. The van der Waals surface area contributed by atoms with Gasteiger partial charge >= 0.3 is 12.2 Å². The number of nitrogen functional groups attached to an aromatic ring is 1. The van der Waals surface area contributed by atoms with E-state index < -0.39 is 23.6 Å². The zero-order valence-corrected chi connectivity index (χ0v) is 23.0. The molecule has 6 rings (SSSR count). The molecule has 2 amide bonds. The van der Waals surface area contributed by atoms with Crippen molar-refractivity contribution in [3.63, 3.8) is 0 Å². The average molecular weight is 582 g/mol. The van der Waals surface area contributed by atoms with E-state index in [1.54, 1.807) is 6.07 Å². The van der Waals surface area contributed by atoms with Crippen molar-refractivity contribution in [2.24, 2.45) is 5.92 Å².